The summed E-state index contributed by atoms with van der Waals surface area (Å²) < 4.78 is 12.1. The van der Waals surface area contributed by atoms with Gasteiger partial charge >= 0.3 is 0 Å². The standard InChI is InChI=1S/C20H26N2O3/c23-19(16-5-2-1-3-6-16)22-11-8-20(9-12-22)13-18(15-24-20)25-17-7-4-10-21-14-17/h4-5,7,10,14,18H,1-3,6,8-9,11-13,15H2. The first-order chi connectivity index (χ1) is 12.2. The molecule has 134 valence electrons. The van der Waals surface area contributed by atoms with Crippen molar-refractivity contribution in [2.24, 2.45) is 0 Å². The molecule has 1 spiro atoms. The summed E-state index contributed by atoms with van der Waals surface area (Å²) in [7, 11) is 0. The Bertz CT molecular complexity index is 636. The Balaban J connectivity index is 1.31. The van der Waals surface area contributed by atoms with Crippen molar-refractivity contribution >= 4 is 5.91 Å². The summed E-state index contributed by atoms with van der Waals surface area (Å²) in [5.41, 5.74) is 0.900. The maximum absolute atomic E-state index is 12.6. The molecule has 0 N–H and O–H groups in total. The van der Waals surface area contributed by atoms with Crippen molar-refractivity contribution in [3.8, 4) is 5.75 Å². The van der Waals surface area contributed by atoms with Crippen LogP contribution in [0.3, 0.4) is 0 Å². The molecule has 1 aromatic heterocycles. The third kappa shape index (κ3) is 3.71. The summed E-state index contributed by atoms with van der Waals surface area (Å²) in [6.45, 7) is 2.19. The van der Waals surface area contributed by atoms with E-state index in [2.05, 4.69) is 11.1 Å². The highest BCUT2D eigenvalue weighted by atomic mass is 16.6. The quantitative estimate of drug-likeness (QED) is 0.847. The fraction of sp³-hybridized carbons (Fsp3) is 0.600. The SMILES string of the molecule is O=C(C1=CCCCC1)N1CCC2(CC1)CC(Oc1cccnc1)CO2. The molecule has 5 nitrogen and oxygen atoms in total. The summed E-state index contributed by atoms with van der Waals surface area (Å²) in [5, 5.41) is 0. The lowest BCUT2D eigenvalue weighted by Gasteiger charge is -2.39. The molecule has 1 aromatic rings. The van der Waals surface area contributed by atoms with Gasteiger partial charge in [0, 0.05) is 31.3 Å². The molecule has 2 fully saturated rings. The molecule has 3 heterocycles. The minimum Gasteiger partial charge on any atom is -0.486 e. The zero-order valence-electron chi connectivity index (χ0n) is 14.7. The van der Waals surface area contributed by atoms with Crippen LogP contribution < -0.4 is 4.74 Å². The van der Waals surface area contributed by atoms with Crippen LogP contribution in [-0.2, 0) is 9.53 Å². The molecule has 2 saturated heterocycles. The van der Waals surface area contributed by atoms with E-state index < -0.39 is 0 Å². The molecule has 1 amide bonds. The number of aromatic nitrogens is 1. The number of nitrogens with zero attached hydrogens (tertiary/aromatic N) is 2. The van der Waals surface area contributed by atoms with E-state index in [0.29, 0.717) is 6.61 Å². The summed E-state index contributed by atoms with van der Waals surface area (Å²) >= 11 is 0. The third-order valence-corrected chi connectivity index (χ3v) is 5.64. The van der Waals surface area contributed by atoms with E-state index in [0.717, 1.165) is 62.9 Å². The van der Waals surface area contributed by atoms with Gasteiger partial charge in [-0.1, -0.05) is 6.08 Å². The molecule has 4 rings (SSSR count). The number of piperidine rings is 1. The highest BCUT2D eigenvalue weighted by Crippen LogP contribution is 2.37. The number of hydrogen-bond acceptors (Lipinski definition) is 4. The first kappa shape index (κ1) is 16.6. The lowest BCUT2D eigenvalue weighted by Crippen LogP contribution is -2.47. The van der Waals surface area contributed by atoms with E-state index in [-0.39, 0.29) is 17.6 Å². The zero-order chi connectivity index (χ0) is 17.1. The second-order valence-electron chi connectivity index (χ2n) is 7.39. The zero-order valence-corrected chi connectivity index (χ0v) is 14.7. The van der Waals surface area contributed by atoms with Gasteiger partial charge in [0.15, 0.2) is 0 Å². The molecular weight excluding hydrogens is 316 g/mol. The van der Waals surface area contributed by atoms with Gasteiger partial charge in [-0.3, -0.25) is 9.78 Å². The molecule has 5 heteroatoms. The highest BCUT2D eigenvalue weighted by Gasteiger charge is 2.44. The van der Waals surface area contributed by atoms with Gasteiger partial charge in [0.2, 0.25) is 5.91 Å². The molecule has 1 aliphatic carbocycles. The number of likely N-dealkylation sites (tertiary alicyclic amines) is 1. The number of amides is 1. The third-order valence-electron chi connectivity index (χ3n) is 5.64. The molecule has 0 radical (unpaired) electrons. The number of carbonyl (C=O) groups is 1. The molecule has 0 aromatic carbocycles. The second-order valence-corrected chi connectivity index (χ2v) is 7.39. The average Bonchev–Trinajstić information content (AvgIpc) is 3.05. The predicted octanol–water partition coefficient (Wildman–Crippen LogP) is 3.11. The Morgan fingerprint density at radius 2 is 2.20 bits per heavy atom. The fourth-order valence-corrected chi connectivity index (χ4v) is 4.19. The van der Waals surface area contributed by atoms with E-state index in [1.165, 1.54) is 6.42 Å². The van der Waals surface area contributed by atoms with E-state index in [9.17, 15) is 4.79 Å². The van der Waals surface area contributed by atoms with Crippen molar-refractivity contribution in [2.45, 2.75) is 56.7 Å². The monoisotopic (exact) mass is 342 g/mol. The summed E-state index contributed by atoms with van der Waals surface area (Å²) in [6.07, 6.45) is 12.8. The Morgan fingerprint density at radius 3 is 2.92 bits per heavy atom. The minimum atomic E-state index is -0.120. The Kier molecular flexibility index (Phi) is 4.75. The molecule has 25 heavy (non-hydrogen) atoms. The van der Waals surface area contributed by atoms with Crippen molar-refractivity contribution in [2.75, 3.05) is 19.7 Å². The number of hydrogen-bond donors (Lipinski definition) is 0. The van der Waals surface area contributed by atoms with Crippen LogP contribution >= 0.6 is 0 Å². The van der Waals surface area contributed by atoms with Gasteiger partial charge in [-0.15, -0.1) is 0 Å². The number of rotatable bonds is 3. The average molecular weight is 342 g/mol. The van der Waals surface area contributed by atoms with E-state index >= 15 is 0 Å². The van der Waals surface area contributed by atoms with Crippen molar-refractivity contribution in [3.63, 3.8) is 0 Å². The van der Waals surface area contributed by atoms with Crippen LogP contribution in [0, 0.1) is 0 Å². The maximum atomic E-state index is 12.6. The van der Waals surface area contributed by atoms with Crippen molar-refractivity contribution in [1.29, 1.82) is 0 Å². The Labute approximate surface area is 149 Å². The lowest BCUT2D eigenvalue weighted by molar-refractivity contribution is -0.132. The largest absolute Gasteiger partial charge is 0.486 e. The van der Waals surface area contributed by atoms with Crippen LogP contribution in [0.25, 0.3) is 0 Å². The smallest absolute Gasteiger partial charge is 0.249 e. The second kappa shape index (κ2) is 7.16. The first-order valence-electron chi connectivity index (χ1n) is 9.43. The Morgan fingerprint density at radius 1 is 1.32 bits per heavy atom. The summed E-state index contributed by atoms with van der Waals surface area (Å²) in [5.74, 6) is 1.04. The van der Waals surface area contributed by atoms with Crippen molar-refractivity contribution in [1.82, 2.24) is 9.88 Å². The van der Waals surface area contributed by atoms with Crippen LogP contribution in [0.15, 0.2) is 36.2 Å². The highest BCUT2D eigenvalue weighted by molar-refractivity contribution is 5.93. The van der Waals surface area contributed by atoms with E-state index in [4.69, 9.17) is 9.47 Å². The first-order valence-corrected chi connectivity index (χ1v) is 9.43. The van der Waals surface area contributed by atoms with Gasteiger partial charge in [-0.05, 0) is 50.7 Å². The van der Waals surface area contributed by atoms with Crippen molar-refractivity contribution in [3.05, 3.63) is 36.2 Å². The van der Waals surface area contributed by atoms with Crippen LogP contribution in [0.4, 0.5) is 0 Å². The predicted molar refractivity (Wildman–Crippen MR) is 94.3 cm³/mol. The molecule has 2 aliphatic heterocycles. The van der Waals surface area contributed by atoms with Crippen LogP contribution in [0.5, 0.6) is 5.75 Å². The number of ether oxygens (including phenoxy) is 2. The lowest BCUT2D eigenvalue weighted by atomic mass is 9.87. The van der Waals surface area contributed by atoms with Crippen LogP contribution in [0.2, 0.25) is 0 Å². The molecule has 3 aliphatic rings. The normalized spacial score (nSPS) is 25.7. The maximum Gasteiger partial charge on any atom is 0.249 e. The van der Waals surface area contributed by atoms with Gasteiger partial charge in [0.1, 0.15) is 11.9 Å². The van der Waals surface area contributed by atoms with E-state index in [1.54, 1.807) is 12.4 Å². The van der Waals surface area contributed by atoms with Gasteiger partial charge in [0.05, 0.1) is 18.4 Å². The van der Waals surface area contributed by atoms with Crippen molar-refractivity contribution < 1.29 is 14.3 Å². The van der Waals surface area contributed by atoms with Gasteiger partial charge in [-0.2, -0.15) is 0 Å². The van der Waals surface area contributed by atoms with Crippen LogP contribution in [-0.4, -0.2) is 47.2 Å². The molecule has 1 atom stereocenters. The Hall–Kier alpha value is -1.88. The van der Waals surface area contributed by atoms with Crippen LogP contribution in [0.1, 0.15) is 44.9 Å². The summed E-state index contributed by atoms with van der Waals surface area (Å²) in [4.78, 5) is 18.8. The molecular formula is C20H26N2O3. The van der Waals surface area contributed by atoms with Gasteiger partial charge < -0.3 is 14.4 Å². The molecule has 0 bridgehead atoms. The number of allylic oxidation sites excluding steroid dienone is 1. The van der Waals surface area contributed by atoms with E-state index in [1.807, 2.05) is 17.0 Å². The molecule has 0 saturated carbocycles. The van der Waals surface area contributed by atoms with Gasteiger partial charge in [-0.25, -0.2) is 0 Å². The fourth-order valence-electron chi connectivity index (χ4n) is 4.19. The number of carbonyl (C=O) groups excluding carboxylic acids is 1. The van der Waals surface area contributed by atoms with Gasteiger partial charge in [0.25, 0.3) is 0 Å². The topological polar surface area (TPSA) is 51.7 Å². The number of pyridine rings is 1. The molecule has 1 unspecified atom stereocenters. The minimum absolute atomic E-state index is 0.0764. The summed E-state index contributed by atoms with van der Waals surface area (Å²) in [6, 6.07) is 3.81.